The number of piperidine rings is 1. The summed E-state index contributed by atoms with van der Waals surface area (Å²) in [6.45, 7) is 6.77. The van der Waals surface area contributed by atoms with E-state index in [2.05, 4.69) is 15.3 Å². The zero-order valence-electron chi connectivity index (χ0n) is 16.3. The molecule has 1 fully saturated rings. The quantitative estimate of drug-likeness (QED) is 0.681. The van der Waals surface area contributed by atoms with Gasteiger partial charge in [0.1, 0.15) is 0 Å². The molecule has 0 aliphatic carbocycles. The average molecular weight is 379 g/mol. The van der Waals surface area contributed by atoms with Gasteiger partial charge in [0, 0.05) is 31.3 Å². The summed E-state index contributed by atoms with van der Waals surface area (Å²) in [5.74, 6) is 0.341. The van der Waals surface area contributed by atoms with Crippen LogP contribution in [-0.4, -0.2) is 57.1 Å². The molecule has 7 nitrogen and oxygen atoms in total. The predicted molar refractivity (Wildman–Crippen MR) is 107 cm³/mol. The lowest BCUT2D eigenvalue weighted by molar-refractivity contribution is 0.0496. The van der Waals surface area contributed by atoms with Gasteiger partial charge in [-0.2, -0.15) is 0 Å². The summed E-state index contributed by atoms with van der Waals surface area (Å²) in [6, 6.07) is 9.83. The van der Waals surface area contributed by atoms with Crippen molar-refractivity contribution in [2.75, 3.05) is 26.3 Å². The van der Waals surface area contributed by atoms with Crippen molar-refractivity contribution in [1.82, 2.24) is 24.9 Å². The lowest BCUT2D eigenvalue weighted by atomic mass is 9.98. The Balaban J connectivity index is 1.56. The summed E-state index contributed by atoms with van der Waals surface area (Å²) in [7, 11) is 0. The number of hydrogen-bond acceptors (Lipinski definition) is 5. The molecule has 3 aromatic rings. The number of aromatic nitrogens is 4. The second-order valence-corrected chi connectivity index (χ2v) is 7.23. The summed E-state index contributed by atoms with van der Waals surface area (Å²) in [5, 5.41) is 9.49. The van der Waals surface area contributed by atoms with E-state index in [-0.39, 0.29) is 5.91 Å². The number of likely N-dealkylation sites (tertiary alicyclic amines) is 1. The summed E-state index contributed by atoms with van der Waals surface area (Å²) in [6.07, 6.45) is 3.87. The lowest BCUT2D eigenvalue weighted by Gasteiger charge is -2.32. The molecule has 0 N–H and O–H groups in total. The van der Waals surface area contributed by atoms with Crippen molar-refractivity contribution in [3.8, 4) is 5.69 Å². The van der Waals surface area contributed by atoms with E-state index in [0.717, 1.165) is 41.7 Å². The van der Waals surface area contributed by atoms with Gasteiger partial charge >= 0.3 is 0 Å². The second-order valence-electron chi connectivity index (χ2n) is 7.23. The van der Waals surface area contributed by atoms with Crippen LogP contribution in [0.4, 0.5) is 0 Å². The standard InChI is InChI=1S/C21H25N5O2/c1-3-28-14-16-6-5-11-25(13-16)21(27)20-15(2)26(24-23-20)18-8-9-19-17(12-18)7-4-10-22-19/h4,7-10,12,16H,3,5-6,11,13-14H2,1-2H3/t16-/m1/s1. The van der Waals surface area contributed by atoms with Crippen molar-refractivity contribution in [2.24, 2.45) is 5.92 Å². The SMILES string of the molecule is CCOC[C@@H]1CCCN(C(=O)c2nnn(-c3ccc4ncccc4c3)c2C)C1. The molecule has 0 saturated carbocycles. The van der Waals surface area contributed by atoms with Crippen molar-refractivity contribution in [1.29, 1.82) is 0 Å². The molecule has 0 spiro atoms. The molecule has 0 bridgehead atoms. The maximum atomic E-state index is 13.1. The molecule has 28 heavy (non-hydrogen) atoms. The summed E-state index contributed by atoms with van der Waals surface area (Å²) in [5.41, 5.74) is 2.97. The molecule has 7 heteroatoms. The third-order valence-corrected chi connectivity index (χ3v) is 5.29. The van der Waals surface area contributed by atoms with E-state index >= 15 is 0 Å². The number of carbonyl (C=O) groups excluding carboxylic acids is 1. The van der Waals surface area contributed by atoms with Crippen LogP contribution >= 0.6 is 0 Å². The van der Waals surface area contributed by atoms with Gasteiger partial charge in [-0.3, -0.25) is 9.78 Å². The Kier molecular flexibility index (Phi) is 5.34. The van der Waals surface area contributed by atoms with Crippen molar-refractivity contribution in [3.05, 3.63) is 47.9 Å². The molecule has 1 saturated heterocycles. The number of carbonyl (C=O) groups is 1. The van der Waals surface area contributed by atoms with Crippen molar-refractivity contribution in [2.45, 2.75) is 26.7 Å². The maximum absolute atomic E-state index is 13.1. The van der Waals surface area contributed by atoms with Gasteiger partial charge in [0.2, 0.25) is 0 Å². The smallest absolute Gasteiger partial charge is 0.276 e. The first-order valence-corrected chi connectivity index (χ1v) is 9.82. The molecule has 1 aliphatic heterocycles. The Morgan fingerprint density at radius 2 is 2.21 bits per heavy atom. The van der Waals surface area contributed by atoms with Crippen LogP contribution < -0.4 is 0 Å². The number of hydrogen-bond donors (Lipinski definition) is 0. The van der Waals surface area contributed by atoms with E-state index in [0.29, 0.717) is 31.4 Å². The van der Waals surface area contributed by atoms with Gasteiger partial charge in [-0.05, 0) is 56.9 Å². The molecule has 146 valence electrons. The van der Waals surface area contributed by atoms with Crippen LogP contribution in [0.3, 0.4) is 0 Å². The Labute approximate surface area is 164 Å². The third kappa shape index (κ3) is 3.62. The van der Waals surface area contributed by atoms with E-state index in [1.54, 1.807) is 10.9 Å². The van der Waals surface area contributed by atoms with Crippen LogP contribution in [0.25, 0.3) is 16.6 Å². The molecule has 0 unspecified atom stereocenters. The number of pyridine rings is 1. The van der Waals surface area contributed by atoms with Gasteiger partial charge in [0.25, 0.3) is 5.91 Å². The largest absolute Gasteiger partial charge is 0.381 e. The fourth-order valence-corrected chi connectivity index (χ4v) is 3.79. The first-order valence-electron chi connectivity index (χ1n) is 9.82. The third-order valence-electron chi connectivity index (χ3n) is 5.29. The number of amides is 1. The molecular weight excluding hydrogens is 354 g/mol. The Morgan fingerprint density at radius 1 is 1.32 bits per heavy atom. The number of ether oxygens (including phenoxy) is 1. The van der Waals surface area contributed by atoms with E-state index in [1.807, 2.05) is 49.1 Å². The van der Waals surface area contributed by atoms with Crippen LogP contribution in [0.15, 0.2) is 36.5 Å². The minimum absolute atomic E-state index is 0.0487. The zero-order valence-corrected chi connectivity index (χ0v) is 16.3. The zero-order chi connectivity index (χ0) is 19.5. The topological polar surface area (TPSA) is 73.1 Å². The van der Waals surface area contributed by atoms with Gasteiger partial charge < -0.3 is 9.64 Å². The highest BCUT2D eigenvalue weighted by atomic mass is 16.5. The van der Waals surface area contributed by atoms with Crippen molar-refractivity contribution in [3.63, 3.8) is 0 Å². The van der Waals surface area contributed by atoms with Gasteiger partial charge in [-0.1, -0.05) is 11.3 Å². The molecule has 1 aromatic carbocycles. The summed E-state index contributed by atoms with van der Waals surface area (Å²) < 4.78 is 7.28. The van der Waals surface area contributed by atoms with Gasteiger partial charge in [-0.25, -0.2) is 4.68 Å². The molecule has 2 aromatic heterocycles. The first kappa shape index (κ1) is 18.6. The van der Waals surface area contributed by atoms with Gasteiger partial charge in [0.15, 0.2) is 5.69 Å². The van der Waals surface area contributed by atoms with Crippen LogP contribution in [0, 0.1) is 12.8 Å². The van der Waals surface area contributed by atoms with Gasteiger partial charge in [-0.15, -0.1) is 5.10 Å². The highest BCUT2D eigenvalue weighted by molar-refractivity contribution is 5.93. The fraction of sp³-hybridized carbons (Fsp3) is 0.429. The van der Waals surface area contributed by atoms with Crippen LogP contribution in [-0.2, 0) is 4.74 Å². The predicted octanol–water partition coefficient (Wildman–Crippen LogP) is 3.01. The number of fused-ring (bicyclic) bond motifs is 1. The Bertz CT molecular complexity index is 984. The van der Waals surface area contributed by atoms with E-state index < -0.39 is 0 Å². The maximum Gasteiger partial charge on any atom is 0.276 e. The molecule has 1 amide bonds. The second kappa shape index (κ2) is 8.06. The summed E-state index contributed by atoms with van der Waals surface area (Å²) >= 11 is 0. The van der Waals surface area contributed by atoms with Crippen molar-refractivity contribution >= 4 is 16.8 Å². The Morgan fingerprint density at radius 3 is 3.07 bits per heavy atom. The highest BCUT2D eigenvalue weighted by Gasteiger charge is 2.28. The molecule has 1 atom stereocenters. The molecule has 4 rings (SSSR count). The first-order chi connectivity index (χ1) is 13.7. The van der Waals surface area contributed by atoms with E-state index in [9.17, 15) is 4.79 Å². The van der Waals surface area contributed by atoms with Crippen LogP contribution in [0.2, 0.25) is 0 Å². The fourth-order valence-electron chi connectivity index (χ4n) is 3.79. The normalized spacial score (nSPS) is 17.2. The number of benzene rings is 1. The minimum Gasteiger partial charge on any atom is -0.381 e. The van der Waals surface area contributed by atoms with E-state index in [4.69, 9.17) is 4.74 Å². The molecular formula is C21H25N5O2. The van der Waals surface area contributed by atoms with Crippen molar-refractivity contribution < 1.29 is 9.53 Å². The lowest BCUT2D eigenvalue weighted by Crippen LogP contribution is -2.41. The monoisotopic (exact) mass is 379 g/mol. The molecule has 1 aliphatic rings. The summed E-state index contributed by atoms with van der Waals surface area (Å²) in [4.78, 5) is 19.3. The molecule has 0 radical (unpaired) electrons. The highest BCUT2D eigenvalue weighted by Crippen LogP contribution is 2.22. The van der Waals surface area contributed by atoms with Crippen LogP contribution in [0.5, 0.6) is 0 Å². The molecule has 3 heterocycles. The average Bonchev–Trinajstić information content (AvgIpc) is 3.12. The number of rotatable bonds is 5. The number of nitrogens with zero attached hydrogens (tertiary/aromatic N) is 5. The minimum atomic E-state index is -0.0487. The van der Waals surface area contributed by atoms with E-state index in [1.165, 1.54) is 0 Å². The van der Waals surface area contributed by atoms with Crippen LogP contribution in [0.1, 0.15) is 35.9 Å². The Hall–Kier alpha value is -2.80. The van der Waals surface area contributed by atoms with Gasteiger partial charge in [0.05, 0.1) is 23.5 Å².